The molecule has 4 aromatic rings. The molecule has 10 nitrogen and oxygen atoms in total. The predicted molar refractivity (Wildman–Crippen MR) is 143 cm³/mol. The maximum Gasteiger partial charge on any atom is 0.273 e. The zero-order chi connectivity index (χ0) is 27.2. The highest BCUT2D eigenvalue weighted by molar-refractivity contribution is 6.30. The van der Waals surface area contributed by atoms with Gasteiger partial charge in [0, 0.05) is 30.0 Å². The average molecular weight is 549 g/mol. The van der Waals surface area contributed by atoms with Gasteiger partial charge in [0.15, 0.2) is 28.8 Å². The Labute approximate surface area is 228 Å². The lowest BCUT2D eigenvalue weighted by molar-refractivity contribution is -0.121. The maximum absolute atomic E-state index is 12.6. The summed E-state index contributed by atoms with van der Waals surface area (Å²) in [6, 6.07) is 18.1. The molecule has 0 saturated carbocycles. The number of carbonyl (C=O) groups excluding carboxylic acids is 1. The first-order chi connectivity index (χ1) is 19.0. The van der Waals surface area contributed by atoms with E-state index in [0.717, 1.165) is 11.1 Å². The highest BCUT2D eigenvalue weighted by Crippen LogP contribution is 2.33. The Kier molecular flexibility index (Phi) is 7.93. The molecule has 39 heavy (non-hydrogen) atoms. The van der Waals surface area contributed by atoms with E-state index in [2.05, 4.69) is 20.5 Å². The van der Waals surface area contributed by atoms with Gasteiger partial charge in [-0.15, -0.1) is 10.2 Å². The SMILES string of the molecule is COc1cc(-c2nnc(CCC(=O)NCc3ccc4c(c3)OCO4)c(=O)[nH]2)ccc1OCc1cccc(Cl)c1. The van der Waals surface area contributed by atoms with E-state index in [9.17, 15) is 9.59 Å². The molecule has 2 heterocycles. The van der Waals surface area contributed by atoms with Crippen LogP contribution in [0, 0.1) is 0 Å². The summed E-state index contributed by atoms with van der Waals surface area (Å²) in [7, 11) is 1.53. The number of rotatable bonds is 10. The van der Waals surface area contributed by atoms with Crippen LogP contribution in [-0.2, 0) is 24.4 Å². The number of hydrogen-bond acceptors (Lipinski definition) is 8. The number of aromatic nitrogens is 3. The highest BCUT2D eigenvalue weighted by Gasteiger charge is 2.15. The number of benzene rings is 3. The number of fused-ring (bicyclic) bond motifs is 1. The number of aromatic amines is 1. The lowest BCUT2D eigenvalue weighted by Gasteiger charge is -2.12. The second kappa shape index (κ2) is 11.9. The van der Waals surface area contributed by atoms with E-state index in [0.29, 0.717) is 46.7 Å². The van der Waals surface area contributed by atoms with Gasteiger partial charge in [0.2, 0.25) is 12.7 Å². The normalized spacial score (nSPS) is 11.7. The number of ether oxygens (including phenoxy) is 4. The third-order valence-electron chi connectivity index (χ3n) is 6.00. The first kappa shape index (κ1) is 26.1. The van der Waals surface area contributed by atoms with Crippen molar-refractivity contribution in [1.29, 1.82) is 0 Å². The molecule has 0 atom stereocenters. The largest absolute Gasteiger partial charge is 0.493 e. The van der Waals surface area contributed by atoms with Crippen LogP contribution in [0.5, 0.6) is 23.0 Å². The van der Waals surface area contributed by atoms with Crippen molar-refractivity contribution in [3.05, 3.63) is 92.9 Å². The van der Waals surface area contributed by atoms with Gasteiger partial charge in [-0.05, 0) is 53.6 Å². The third-order valence-corrected chi connectivity index (χ3v) is 6.24. The molecule has 0 bridgehead atoms. The summed E-state index contributed by atoms with van der Waals surface area (Å²) < 4.78 is 22.0. The molecule has 2 N–H and O–H groups in total. The van der Waals surface area contributed by atoms with Gasteiger partial charge >= 0.3 is 0 Å². The van der Waals surface area contributed by atoms with Crippen LogP contribution in [-0.4, -0.2) is 35.0 Å². The topological polar surface area (TPSA) is 125 Å². The first-order valence-corrected chi connectivity index (χ1v) is 12.5. The summed E-state index contributed by atoms with van der Waals surface area (Å²) in [4.78, 5) is 27.7. The number of H-pyrrole nitrogens is 1. The predicted octanol–water partition coefficient (Wildman–Crippen LogP) is 4.05. The quantitative estimate of drug-likeness (QED) is 0.304. The second-order valence-electron chi connectivity index (χ2n) is 8.70. The van der Waals surface area contributed by atoms with Crippen LogP contribution in [0.1, 0.15) is 23.2 Å². The summed E-state index contributed by atoms with van der Waals surface area (Å²) >= 11 is 6.04. The smallest absolute Gasteiger partial charge is 0.273 e. The van der Waals surface area contributed by atoms with Crippen LogP contribution in [0.25, 0.3) is 11.4 Å². The monoisotopic (exact) mass is 548 g/mol. The minimum atomic E-state index is -0.413. The van der Waals surface area contributed by atoms with Crippen LogP contribution in [0.2, 0.25) is 5.02 Å². The Bertz CT molecular complexity index is 1560. The Hall–Kier alpha value is -4.57. The molecule has 200 valence electrons. The van der Waals surface area contributed by atoms with E-state index >= 15 is 0 Å². The zero-order valence-electron chi connectivity index (χ0n) is 21.0. The maximum atomic E-state index is 12.6. The van der Waals surface area contributed by atoms with Crippen LogP contribution in [0.4, 0.5) is 0 Å². The molecular weight excluding hydrogens is 524 g/mol. The Morgan fingerprint density at radius 1 is 1.03 bits per heavy atom. The van der Waals surface area contributed by atoms with Crippen molar-refractivity contribution in [2.45, 2.75) is 26.0 Å². The van der Waals surface area contributed by atoms with E-state index < -0.39 is 5.56 Å². The number of aryl methyl sites for hydroxylation is 1. The minimum Gasteiger partial charge on any atom is -0.493 e. The lowest BCUT2D eigenvalue weighted by Crippen LogP contribution is -2.25. The number of nitrogens with zero attached hydrogens (tertiary/aromatic N) is 2. The molecule has 3 aromatic carbocycles. The van der Waals surface area contributed by atoms with Crippen molar-refractivity contribution < 1.29 is 23.7 Å². The number of methoxy groups -OCH3 is 1. The van der Waals surface area contributed by atoms with E-state index in [-0.39, 0.29) is 37.1 Å². The molecule has 1 aliphatic heterocycles. The van der Waals surface area contributed by atoms with Gasteiger partial charge in [0.05, 0.1) is 7.11 Å². The molecule has 5 rings (SSSR count). The summed E-state index contributed by atoms with van der Waals surface area (Å²) in [5.74, 6) is 2.40. The fraction of sp³-hybridized carbons (Fsp3) is 0.214. The lowest BCUT2D eigenvalue weighted by atomic mass is 10.1. The number of hydrogen-bond donors (Lipinski definition) is 2. The fourth-order valence-corrected chi connectivity index (χ4v) is 4.16. The Morgan fingerprint density at radius 3 is 2.72 bits per heavy atom. The molecule has 1 amide bonds. The molecule has 1 aromatic heterocycles. The van der Waals surface area contributed by atoms with Crippen LogP contribution in [0.15, 0.2) is 65.5 Å². The highest BCUT2D eigenvalue weighted by atomic mass is 35.5. The van der Waals surface area contributed by atoms with Crippen LogP contribution in [0.3, 0.4) is 0 Å². The third kappa shape index (κ3) is 6.47. The van der Waals surface area contributed by atoms with Crippen molar-refractivity contribution in [2.24, 2.45) is 0 Å². The second-order valence-corrected chi connectivity index (χ2v) is 9.13. The Balaban J connectivity index is 1.17. The molecule has 11 heteroatoms. The summed E-state index contributed by atoms with van der Waals surface area (Å²) in [5.41, 5.74) is 2.15. The van der Waals surface area contributed by atoms with Crippen LogP contribution >= 0.6 is 11.6 Å². The molecule has 1 aliphatic rings. The molecule has 0 fully saturated rings. The van der Waals surface area contributed by atoms with Gasteiger partial charge in [0.25, 0.3) is 5.56 Å². The molecule has 0 spiro atoms. The number of nitrogens with one attached hydrogen (secondary N) is 2. The van der Waals surface area contributed by atoms with Crippen molar-refractivity contribution >= 4 is 17.5 Å². The average Bonchev–Trinajstić information content (AvgIpc) is 3.42. The minimum absolute atomic E-state index is 0.0914. The molecule has 0 saturated heterocycles. The van der Waals surface area contributed by atoms with Crippen molar-refractivity contribution in [3.8, 4) is 34.4 Å². The number of carbonyl (C=O) groups is 1. The van der Waals surface area contributed by atoms with Gasteiger partial charge in [0.1, 0.15) is 12.3 Å². The van der Waals surface area contributed by atoms with E-state index in [4.69, 9.17) is 30.5 Å². The van der Waals surface area contributed by atoms with Gasteiger partial charge in [-0.25, -0.2) is 0 Å². The van der Waals surface area contributed by atoms with Gasteiger partial charge in [-0.2, -0.15) is 0 Å². The summed E-state index contributed by atoms with van der Waals surface area (Å²) in [5, 5.41) is 11.7. The van der Waals surface area contributed by atoms with E-state index in [1.54, 1.807) is 30.3 Å². The standard InChI is InChI=1S/C28H25ClN4O6/c1-36-24-13-19(6-9-22(24)37-15-18-3-2-4-20(29)11-18)27-31-28(35)21(32-33-27)7-10-26(34)30-14-17-5-8-23-25(12-17)39-16-38-23/h2-6,8-9,11-13H,7,10,14-16H2,1H3,(H,30,34)(H,31,33,35). The van der Waals surface area contributed by atoms with E-state index in [1.807, 2.05) is 30.3 Å². The van der Waals surface area contributed by atoms with Crippen LogP contribution < -0.4 is 29.8 Å². The summed E-state index contributed by atoms with van der Waals surface area (Å²) in [6.45, 7) is 0.834. The van der Waals surface area contributed by atoms with Gasteiger partial charge in [-0.1, -0.05) is 29.8 Å². The molecule has 0 unspecified atom stereocenters. The zero-order valence-corrected chi connectivity index (χ0v) is 21.8. The molecule has 0 radical (unpaired) electrons. The molecule has 0 aliphatic carbocycles. The van der Waals surface area contributed by atoms with Gasteiger partial charge < -0.3 is 29.2 Å². The fourth-order valence-electron chi connectivity index (χ4n) is 3.95. The molecular formula is C28H25ClN4O6. The number of amides is 1. The number of halogens is 1. The first-order valence-electron chi connectivity index (χ1n) is 12.2. The summed E-state index contributed by atoms with van der Waals surface area (Å²) in [6.07, 6.45) is 0.239. The van der Waals surface area contributed by atoms with E-state index in [1.165, 1.54) is 7.11 Å². The van der Waals surface area contributed by atoms with Crippen molar-refractivity contribution in [3.63, 3.8) is 0 Å². The van der Waals surface area contributed by atoms with Crippen molar-refractivity contribution in [2.75, 3.05) is 13.9 Å². The van der Waals surface area contributed by atoms with Gasteiger partial charge in [-0.3, -0.25) is 9.59 Å². The Morgan fingerprint density at radius 2 is 1.90 bits per heavy atom. The van der Waals surface area contributed by atoms with Crippen molar-refractivity contribution in [1.82, 2.24) is 20.5 Å².